The lowest BCUT2D eigenvalue weighted by atomic mass is 10.0. The molecule has 0 atom stereocenters. The van der Waals surface area contributed by atoms with Gasteiger partial charge in [-0.25, -0.2) is 4.57 Å². The summed E-state index contributed by atoms with van der Waals surface area (Å²) in [6.45, 7) is 3.16. The predicted molar refractivity (Wildman–Crippen MR) is 113 cm³/mol. The normalized spacial score (nSPS) is 12.1. The fourth-order valence-corrected chi connectivity index (χ4v) is 4.15. The standard InChI is InChI=1S/C21H42N3O2S/c1-4-5-6-7-8-9-10-11-12-13-14-15-16-17-18-23-19-20-24(21-23)27(25,26)22(2)3/h19-21H,4-18H2,1-3H3/q+1. The maximum atomic E-state index is 12.0. The van der Waals surface area contributed by atoms with Gasteiger partial charge in [0.25, 0.3) is 6.33 Å². The van der Waals surface area contributed by atoms with Crippen LogP contribution in [-0.4, -0.2) is 30.8 Å². The molecule has 0 amide bonds. The number of aromatic nitrogens is 2. The molecule has 1 aromatic heterocycles. The Kier molecular flexibility index (Phi) is 12.7. The topological polar surface area (TPSA) is 46.2 Å². The maximum Gasteiger partial charge on any atom is 0.379 e. The Morgan fingerprint density at radius 1 is 0.778 bits per heavy atom. The summed E-state index contributed by atoms with van der Waals surface area (Å²) >= 11 is 0. The summed E-state index contributed by atoms with van der Waals surface area (Å²) in [4.78, 5) is 0. The lowest BCUT2D eigenvalue weighted by molar-refractivity contribution is -0.696. The molecule has 0 aliphatic carbocycles. The smallest absolute Gasteiger partial charge is 0.236 e. The molecule has 0 aliphatic rings. The van der Waals surface area contributed by atoms with E-state index in [1.54, 1.807) is 26.6 Å². The molecule has 0 unspecified atom stereocenters. The maximum absolute atomic E-state index is 12.0. The first-order valence-electron chi connectivity index (χ1n) is 11.0. The Bertz CT molecular complexity index is 582. The molecule has 0 aliphatic heterocycles. The van der Waals surface area contributed by atoms with E-state index in [-0.39, 0.29) is 0 Å². The molecule has 6 heteroatoms. The zero-order chi connectivity index (χ0) is 20.0. The van der Waals surface area contributed by atoms with Gasteiger partial charge in [-0.1, -0.05) is 84.0 Å². The minimum Gasteiger partial charge on any atom is -0.236 e. The van der Waals surface area contributed by atoms with Gasteiger partial charge in [-0.2, -0.15) is 12.7 Å². The van der Waals surface area contributed by atoms with E-state index in [1.807, 2.05) is 10.8 Å². The van der Waals surface area contributed by atoms with E-state index >= 15 is 0 Å². The van der Waals surface area contributed by atoms with Gasteiger partial charge in [-0.15, -0.1) is 3.97 Å². The predicted octanol–water partition coefficient (Wildman–Crippen LogP) is 4.91. The third-order valence-corrected chi connectivity index (χ3v) is 6.84. The van der Waals surface area contributed by atoms with Crippen LogP contribution in [0.15, 0.2) is 18.7 Å². The molecule has 0 N–H and O–H groups in total. The lowest BCUT2D eigenvalue weighted by Crippen LogP contribution is -2.33. The highest BCUT2D eigenvalue weighted by Crippen LogP contribution is 2.12. The van der Waals surface area contributed by atoms with Gasteiger partial charge in [0, 0.05) is 14.1 Å². The van der Waals surface area contributed by atoms with Crippen LogP contribution >= 0.6 is 0 Å². The molecule has 0 bridgehead atoms. The molecule has 1 heterocycles. The molecule has 0 radical (unpaired) electrons. The Morgan fingerprint density at radius 2 is 1.22 bits per heavy atom. The van der Waals surface area contributed by atoms with Crippen LogP contribution in [0.4, 0.5) is 0 Å². The highest BCUT2D eigenvalue weighted by Gasteiger charge is 2.22. The fourth-order valence-electron chi connectivity index (χ4n) is 3.32. The number of hydrogen-bond acceptors (Lipinski definition) is 2. The van der Waals surface area contributed by atoms with Crippen molar-refractivity contribution >= 4 is 10.2 Å². The van der Waals surface area contributed by atoms with Gasteiger partial charge in [0.2, 0.25) is 0 Å². The molecule has 1 rings (SSSR count). The van der Waals surface area contributed by atoms with Gasteiger partial charge in [0.05, 0.1) is 6.54 Å². The van der Waals surface area contributed by atoms with Crippen LogP contribution in [0.2, 0.25) is 0 Å². The first-order chi connectivity index (χ1) is 13.0. The van der Waals surface area contributed by atoms with E-state index in [2.05, 4.69) is 6.92 Å². The third-order valence-electron chi connectivity index (χ3n) is 5.16. The Hall–Kier alpha value is -0.880. The summed E-state index contributed by atoms with van der Waals surface area (Å²) in [5.41, 5.74) is 0. The monoisotopic (exact) mass is 400 g/mol. The van der Waals surface area contributed by atoms with Gasteiger partial charge in [-0.05, 0) is 12.8 Å². The molecule has 1 aromatic rings. The number of rotatable bonds is 17. The first-order valence-corrected chi connectivity index (χ1v) is 12.4. The van der Waals surface area contributed by atoms with Crippen molar-refractivity contribution in [2.24, 2.45) is 0 Å². The summed E-state index contributed by atoms with van der Waals surface area (Å²) < 4.78 is 28.5. The van der Waals surface area contributed by atoms with Crippen LogP contribution in [0.5, 0.6) is 0 Å². The lowest BCUT2D eigenvalue weighted by Gasteiger charge is -2.05. The van der Waals surface area contributed by atoms with Crippen molar-refractivity contribution in [2.75, 3.05) is 14.1 Å². The van der Waals surface area contributed by atoms with Gasteiger partial charge in [-0.3, -0.25) is 0 Å². The second-order valence-corrected chi connectivity index (χ2v) is 9.92. The second-order valence-electron chi connectivity index (χ2n) is 7.87. The molecule has 0 aromatic carbocycles. The number of hydrogen-bond donors (Lipinski definition) is 0. The summed E-state index contributed by atoms with van der Waals surface area (Å²) in [7, 11) is -0.288. The van der Waals surface area contributed by atoms with Crippen LogP contribution < -0.4 is 4.57 Å². The van der Waals surface area contributed by atoms with Gasteiger partial charge in [0.1, 0.15) is 12.4 Å². The van der Waals surface area contributed by atoms with Crippen molar-refractivity contribution in [3.8, 4) is 0 Å². The minimum atomic E-state index is -3.39. The van der Waals surface area contributed by atoms with Gasteiger partial charge in [0.15, 0.2) is 0 Å². The molecule has 27 heavy (non-hydrogen) atoms. The van der Waals surface area contributed by atoms with Crippen LogP contribution in [0, 0.1) is 0 Å². The van der Waals surface area contributed by atoms with E-state index in [0.717, 1.165) is 13.0 Å². The SMILES string of the molecule is CCCCCCCCCCCCCCCC[n+]1ccn(S(=O)(=O)N(C)C)c1. The van der Waals surface area contributed by atoms with Crippen molar-refractivity contribution in [3.63, 3.8) is 0 Å². The van der Waals surface area contributed by atoms with E-state index in [9.17, 15) is 8.42 Å². The average Bonchev–Trinajstić information content (AvgIpc) is 3.11. The van der Waals surface area contributed by atoms with E-state index in [0.29, 0.717) is 0 Å². The van der Waals surface area contributed by atoms with Gasteiger partial charge >= 0.3 is 10.2 Å². The van der Waals surface area contributed by atoms with Crippen LogP contribution in [-0.2, 0) is 16.8 Å². The third kappa shape index (κ3) is 10.3. The largest absolute Gasteiger partial charge is 0.379 e. The van der Waals surface area contributed by atoms with Gasteiger partial charge < -0.3 is 0 Å². The molecule has 0 fully saturated rings. The van der Waals surface area contributed by atoms with Crippen molar-refractivity contribution in [1.29, 1.82) is 0 Å². The minimum absolute atomic E-state index is 0.883. The van der Waals surface area contributed by atoms with Crippen molar-refractivity contribution in [2.45, 2.75) is 103 Å². The highest BCUT2D eigenvalue weighted by atomic mass is 32.2. The van der Waals surface area contributed by atoms with Crippen molar-refractivity contribution in [1.82, 2.24) is 8.28 Å². The van der Waals surface area contributed by atoms with Crippen LogP contribution in [0.3, 0.4) is 0 Å². The zero-order valence-corrected chi connectivity index (χ0v) is 18.7. The Morgan fingerprint density at radius 3 is 1.67 bits per heavy atom. The van der Waals surface area contributed by atoms with E-state index in [4.69, 9.17) is 0 Å². The van der Waals surface area contributed by atoms with E-state index in [1.165, 1.54) is 91.7 Å². The summed E-state index contributed by atoms with van der Waals surface area (Å²) in [6, 6.07) is 0. The summed E-state index contributed by atoms with van der Waals surface area (Å²) in [5.74, 6) is 0. The summed E-state index contributed by atoms with van der Waals surface area (Å²) in [5, 5.41) is 0. The molecule has 5 nitrogen and oxygen atoms in total. The fraction of sp³-hybridized carbons (Fsp3) is 0.857. The quantitative estimate of drug-likeness (QED) is 0.275. The van der Waals surface area contributed by atoms with Crippen LogP contribution in [0.25, 0.3) is 0 Å². The molecular weight excluding hydrogens is 358 g/mol. The number of imidazole rings is 1. The average molecular weight is 401 g/mol. The second kappa shape index (κ2) is 14.2. The molecule has 0 saturated carbocycles. The first kappa shape index (κ1) is 24.2. The van der Waals surface area contributed by atoms with Crippen molar-refractivity contribution in [3.05, 3.63) is 18.7 Å². The number of aryl methyl sites for hydroxylation is 1. The molecule has 0 spiro atoms. The number of unbranched alkanes of at least 4 members (excludes halogenated alkanes) is 13. The van der Waals surface area contributed by atoms with Crippen LogP contribution in [0.1, 0.15) is 96.8 Å². The van der Waals surface area contributed by atoms with E-state index < -0.39 is 10.2 Å². The zero-order valence-electron chi connectivity index (χ0n) is 17.9. The molecular formula is C21H42N3O2S+. The molecule has 0 saturated heterocycles. The Balaban J connectivity index is 1.96. The Labute approximate surface area is 168 Å². The highest BCUT2D eigenvalue weighted by molar-refractivity contribution is 7.87. The number of nitrogens with zero attached hydrogens (tertiary/aromatic N) is 3. The van der Waals surface area contributed by atoms with Crippen molar-refractivity contribution < 1.29 is 13.0 Å². The molecule has 158 valence electrons. The summed E-state index contributed by atoms with van der Waals surface area (Å²) in [6.07, 6.45) is 24.0.